The van der Waals surface area contributed by atoms with Crippen LogP contribution in [-0.4, -0.2) is 11.3 Å². The highest BCUT2D eigenvalue weighted by molar-refractivity contribution is 5.95. The Balaban J connectivity index is 2.17. The molecule has 16 heavy (non-hydrogen) atoms. The minimum Gasteiger partial charge on any atom is -0.508 e. The molecule has 0 unspecified atom stereocenters. The number of phenols is 1. The monoisotopic (exact) mass is 210 g/mol. The average Bonchev–Trinajstić information content (AvgIpc) is 2.48. The van der Waals surface area contributed by atoms with Gasteiger partial charge in [0.1, 0.15) is 5.75 Å². The summed E-state index contributed by atoms with van der Waals surface area (Å²) in [5.74, 6) is 0.226. The Morgan fingerprint density at radius 1 is 1.00 bits per heavy atom. The lowest BCUT2D eigenvalue weighted by Gasteiger charge is -2.08. The molecule has 2 N–H and O–H groups in total. The number of aliphatic imine (C=N–C) groups is 1. The van der Waals surface area contributed by atoms with Crippen molar-refractivity contribution < 1.29 is 5.11 Å². The summed E-state index contributed by atoms with van der Waals surface area (Å²) in [4.78, 5) is 4.34. The van der Waals surface area contributed by atoms with E-state index in [1.54, 1.807) is 18.3 Å². The highest BCUT2D eigenvalue weighted by atomic mass is 16.3. The van der Waals surface area contributed by atoms with Gasteiger partial charge in [0.05, 0.1) is 11.4 Å². The summed E-state index contributed by atoms with van der Waals surface area (Å²) < 4.78 is 0. The number of rotatable bonds is 0. The second-order valence-electron chi connectivity index (χ2n) is 3.67. The normalized spacial score (nSPS) is 12.2. The molecule has 0 bridgehead atoms. The third-order valence-electron chi connectivity index (χ3n) is 2.55. The molecule has 2 aromatic carbocycles. The number of anilines is 2. The molecule has 0 spiro atoms. The molecule has 0 saturated heterocycles. The van der Waals surface area contributed by atoms with E-state index < -0.39 is 0 Å². The zero-order chi connectivity index (χ0) is 11.0. The van der Waals surface area contributed by atoms with Crippen molar-refractivity contribution in [3.05, 3.63) is 48.0 Å². The van der Waals surface area contributed by atoms with E-state index in [-0.39, 0.29) is 5.75 Å². The molecule has 0 radical (unpaired) electrons. The molecule has 1 aliphatic rings. The maximum atomic E-state index is 9.40. The Morgan fingerprint density at radius 3 is 2.81 bits per heavy atom. The van der Waals surface area contributed by atoms with Crippen molar-refractivity contribution in [2.24, 2.45) is 4.99 Å². The summed E-state index contributed by atoms with van der Waals surface area (Å²) >= 11 is 0. The molecule has 0 saturated carbocycles. The molecule has 3 nitrogen and oxygen atoms in total. The first-order valence-corrected chi connectivity index (χ1v) is 5.06. The summed E-state index contributed by atoms with van der Waals surface area (Å²) in [5, 5.41) is 12.7. The summed E-state index contributed by atoms with van der Waals surface area (Å²) in [6.45, 7) is 0. The number of nitrogens with zero attached hydrogens (tertiary/aromatic N) is 1. The summed E-state index contributed by atoms with van der Waals surface area (Å²) in [5.41, 5.74) is 3.71. The highest BCUT2D eigenvalue weighted by Gasteiger charge is 2.08. The summed E-state index contributed by atoms with van der Waals surface area (Å²) in [6.07, 6.45) is 1.80. The molecule has 0 atom stereocenters. The quantitative estimate of drug-likeness (QED) is 0.559. The van der Waals surface area contributed by atoms with E-state index in [0.717, 1.165) is 22.6 Å². The van der Waals surface area contributed by atoms with Crippen molar-refractivity contribution in [1.29, 1.82) is 0 Å². The molecule has 0 amide bonds. The van der Waals surface area contributed by atoms with Gasteiger partial charge in [-0.2, -0.15) is 0 Å². The van der Waals surface area contributed by atoms with Crippen LogP contribution in [0.15, 0.2) is 47.5 Å². The molecule has 1 heterocycles. The number of fused-ring (bicyclic) bond motifs is 2. The van der Waals surface area contributed by atoms with Gasteiger partial charge in [-0.3, -0.25) is 4.99 Å². The SMILES string of the molecule is Oc1ccc2c(c1)N=Cc1ccccc1N2. The molecule has 78 valence electrons. The first kappa shape index (κ1) is 8.97. The van der Waals surface area contributed by atoms with E-state index in [1.807, 2.05) is 30.3 Å². The van der Waals surface area contributed by atoms with E-state index in [9.17, 15) is 5.11 Å². The van der Waals surface area contributed by atoms with Gasteiger partial charge in [0.15, 0.2) is 0 Å². The van der Waals surface area contributed by atoms with Gasteiger partial charge in [0, 0.05) is 23.5 Å². The first-order chi connectivity index (χ1) is 7.83. The van der Waals surface area contributed by atoms with Gasteiger partial charge in [-0.15, -0.1) is 0 Å². The number of hydrogen-bond acceptors (Lipinski definition) is 3. The lowest BCUT2D eigenvalue weighted by Crippen LogP contribution is -1.92. The largest absolute Gasteiger partial charge is 0.508 e. The Bertz CT molecular complexity index is 576. The van der Waals surface area contributed by atoms with Crippen LogP contribution in [0, 0.1) is 0 Å². The van der Waals surface area contributed by atoms with E-state index >= 15 is 0 Å². The van der Waals surface area contributed by atoms with Gasteiger partial charge in [0.25, 0.3) is 0 Å². The molecule has 3 rings (SSSR count). The minimum atomic E-state index is 0.226. The molecule has 3 heteroatoms. The fraction of sp³-hybridized carbons (Fsp3) is 0. The van der Waals surface area contributed by atoms with Crippen LogP contribution < -0.4 is 5.32 Å². The van der Waals surface area contributed by atoms with Crippen molar-refractivity contribution in [1.82, 2.24) is 0 Å². The van der Waals surface area contributed by atoms with Crippen molar-refractivity contribution in [2.75, 3.05) is 5.32 Å². The number of hydrogen-bond donors (Lipinski definition) is 2. The average molecular weight is 210 g/mol. The van der Waals surface area contributed by atoms with Gasteiger partial charge >= 0.3 is 0 Å². The number of benzene rings is 2. The summed E-state index contributed by atoms with van der Waals surface area (Å²) in [6, 6.07) is 13.1. The first-order valence-electron chi connectivity index (χ1n) is 5.06. The van der Waals surface area contributed by atoms with Crippen LogP contribution in [0.1, 0.15) is 5.56 Å². The maximum absolute atomic E-state index is 9.40. The van der Waals surface area contributed by atoms with Crippen LogP contribution in [0.5, 0.6) is 5.75 Å². The van der Waals surface area contributed by atoms with Crippen LogP contribution in [0.2, 0.25) is 0 Å². The zero-order valence-corrected chi connectivity index (χ0v) is 8.51. The van der Waals surface area contributed by atoms with Crippen LogP contribution >= 0.6 is 0 Å². The fourth-order valence-electron chi connectivity index (χ4n) is 1.74. The standard InChI is InChI=1S/C13H10N2O/c16-10-5-6-12-13(7-10)14-8-9-3-1-2-4-11(9)15-12/h1-8,15-16H. The van der Waals surface area contributed by atoms with E-state index in [2.05, 4.69) is 10.3 Å². The fourth-order valence-corrected chi connectivity index (χ4v) is 1.74. The number of para-hydroxylation sites is 1. The number of nitrogens with one attached hydrogen (secondary N) is 1. The van der Waals surface area contributed by atoms with E-state index in [0.29, 0.717) is 0 Å². The van der Waals surface area contributed by atoms with Crippen molar-refractivity contribution >= 4 is 23.3 Å². The lowest BCUT2D eigenvalue weighted by molar-refractivity contribution is 0.475. The van der Waals surface area contributed by atoms with Crippen LogP contribution in [0.4, 0.5) is 17.1 Å². The van der Waals surface area contributed by atoms with Crippen molar-refractivity contribution in [2.45, 2.75) is 0 Å². The smallest absolute Gasteiger partial charge is 0.117 e. The molecular weight excluding hydrogens is 200 g/mol. The molecule has 1 aliphatic heterocycles. The molecule has 0 fully saturated rings. The Hall–Kier alpha value is -2.29. The topological polar surface area (TPSA) is 44.6 Å². The van der Waals surface area contributed by atoms with Gasteiger partial charge in [-0.05, 0) is 18.2 Å². The van der Waals surface area contributed by atoms with Crippen LogP contribution in [0.25, 0.3) is 0 Å². The van der Waals surface area contributed by atoms with Crippen molar-refractivity contribution in [3.8, 4) is 5.75 Å². The minimum absolute atomic E-state index is 0.226. The Kier molecular flexibility index (Phi) is 1.90. The maximum Gasteiger partial charge on any atom is 0.117 e. The zero-order valence-electron chi connectivity index (χ0n) is 8.51. The Morgan fingerprint density at radius 2 is 1.88 bits per heavy atom. The van der Waals surface area contributed by atoms with Gasteiger partial charge < -0.3 is 10.4 Å². The number of aromatic hydroxyl groups is 1. The van der Waals surface area contributed by atoms with Crippen LogP contribution in [0.3, 0.4) is 0 Å². The Labute approximate surface area is 93.1 Å². The number of phenolic OH excluding ortho intramolecular Hbond substituents is 1. The third kappa shape index (κ3) is 1.42. The van der Waals surface area contributed by atoms with E-state index in [4.69, 9.17) is 0 Å². The molecule has 0 aromatic heterocycles. The van der Waals surface area contributed by atoms with Crippen LogP contribution in [-0.2, 0) is 0 Å². The van der Waals surface area contributed by atoms with E-state index in [1.165, 1.54) is 0 Å². The lowest BCUT2D eigenvalue weighted by atomic mass is 10.2. The predicted octanol–water partition coefficient (Wildman–Crippen LogP) is 3.20. The second kappa shape index (κ2) is 3.38. The summed E-state index contributed by atoms with van der Waals surface area (Å²) in [7, 11) is 0. The second-order valence-corrected chi connectivity index (χ2v) is 3.67. The molecule has 2 aromatic rings. The molecule has 0 aliphatic carbocycles. The highest BCUT2D eigenvalue weighted by Crippen LogP contribution is 2.34. The third-order valence-corrected chi connectivity index (χ3v) is 2.55. The van der Waals surface area contributed by atoms with Gasteiger partial charge in [-0.25, -0.2) is 0 Å². The van der Waals surface area contributed by atoms with Gasteiger partial charge in [0.2, 0.25) is 0 Å². The van der Waals surface area contributed by atoms with Gasteiger partial charge in [-0.1, -0.05) is 18.2 Å². The van der Waals surface area contributed by atoms with Crippen molar-refractivity contribution in [3.63, 3.8) is 0 Å². The molecular formula is C13H10N2O. The predicted molar refractivity (Wildman–Crippen MR) is 65.1 cm³/mol.